The molecule has 33 heavy (non-hydrogen) atoms. The van der Waals surface area contributed by atoms with E-state index < -0.39 is 0 Å². The summed E-state index contributed by atoms with van der Waals surface area (Å²) in [6.45, 7) is 15.8. The van der Waals surface area contributed by atoms with Gasteiger partial charge in [0.25, 0.3) is 0 Å². The van der Waals surface area contributed by atoms with Gasteiger partial charge in [0.15, 0.2) is 0 Å². The van der Waals surface area contributed by atoms with E-state index >= 15 is 0 Å². The molecule has 3 aromatic rings. The molecular formula is C30H40N2O. The molecule has 0 bridgehead atoms. The highest BCUT2D eigenvalue weighted by Gasteiger charge is 2.19. The highest BCUT2D eigenvalue weighted by molar-refractivity contribution is 5.70. The summed E-state index contributed by atoms with van der Waals surface area (Å²) in [5.41, 5.74) is 8.60. The smallest absolute Gasteiger partial charge is 0.128 e. The minimum Gasteiger partial charge on any atom is -0.491 e. The molecule has 0 saturated carbocycles. The second-order valence-electron chi connectivity index (χ2n) is 9.09. The first-order valence-corrected chi connectivity index (χ1v) is 12.5. The van der Waals surface area contributed by atoms with Gasteiger partial charge in [0, 0.05) is 36.0 Å². The zero-order valence-corrected chi connectivity index (χ0v) is 21.3. The van der Waals surface area contributed by atoms with Crippen LogP contribution in [0.4, 0.5) is 0 Å². The fraction of sp³-hybridized carbons (Fsp3) is 0.433. The molecule has 1 aromatic heterocycles. The number of nitrogens with zero attached hydrogens (tertiary/aromatic N) is 2. The SMILES string of the molecule is CCCN(Cc1ccccc1)Cc1c(OC(C)C)cc(-c2c(CC)cccc2CC)nc1C. The number of rotatable bonds is 11. The van der Waals surface area contributed by atoms with Crippen LogP contribution in [0.5, 0.6) is 5.75 Å². The molecule has 1 heterocycles. The molecule has 0 atom stereocenters. The van der Waals surface area contributed by atoms with E-state index in [4.69, 9.17) is 9.72 Å². The van der Waals surface area contributed by atoms with Gasteiger partial charge in [0.2, 0.25) is 0 Å². The van der Waals surface area contributed by atoms with Crippen molar-refractivity contribution in [1.82, 2.24) is 9.88 Å². The van der Waals surface area contributed by atoms with E-state index in [1.54, 1.807) is 0 Å². The number of pyridine rings is 1. The average Bonchev–Trinajstić information content (AvgIpc) is 2.80. The highest BCUT2D eigenvalue weighted by Crippen LogP contribution is 2.34. The lowest BCUT2D eigenvalue weighted by Gasteiger charge is -2.25. The Morgan fingerprint density at radius 3 is 2.12 bits per heavy atom. The molecule has 3 nitrogen and oxygen atoms in total. The van der Waals surface area contributed by atoms with Crippen molar-refractivity contribution >= 4 is 0 Å². The van der Waals surface area contributed by atoms with Gasteiger partial charge in [0.05, 0.1) is 11.8 Å². The number of aryl methyl sites for hydroxylation is 3. The summed E-state index contributed by atoms with van der Waals surface area (Å²) >= 11 is 0. The summed E-state index contributed by atoms with van der Waals surface area (Å²) in [5, 5.41) is 0. The van der Waals surface area contributed by atoms with Gasteiger partial charge in [0.1, 0.15) is 5.75 Å². The van der Waals surface area contributed by atoms with E-state index in [-0.39, 0.29) is 6.10 Å². The zero-order chi connectivity index (χ0) is 23.8. The number of benzene rings is 2. The first-order chi connectivity index (χ1) is 16.0. The van der Waals surface area contributed by atoms with Gasteiger partial charge < -0.3 is 4.74 Å². The van der Waals surface area contributed by atoms with Crippen LogP contribution >= 0.6 is 0 Å². The monoisotopic (exact) mass is 444 g/mol. The Balaban J connectivity index is 2.04. The number of hydrogen-bond acceptors (Lipinski definition) is 3. The molecule has 0 saturated heterocycles. The van der Waals surface area contributed by atoms with Gasteiger partial charge in [-0.25, -0.2) is 0 Å². The molecule has 0 spiro atoms. The van der Waals surface area contributed by atoms with Crippen molar-refractivity contribution in [2.75, 3.05) is 6.54 Å². The molecule has 3 heteroatoms. The lowest BCUT2D eigenvalue weighted by molar-refractivity contribution is 0.222. The zero-order valence-electron chi connectivity index (χ0n) is 21.3. The van der Waals surface area contributed by atoms with Gasteiger partial charge in [-0.05, 0) is 63.3 Å². The second-order valence-corrected chi connectivity index (χ2v) is 9.09. The molecule has 0 unspecified atom stereocenters. The maximum absolute atomic E-state index is 6.40. The molecule has 2 aromatic carbocycles. The summed E-state index contributed by atoms with van der Waals surface area (Å²) in [6.07, 6.45) is 3.21. The largest absolute Gasteiger partial charge is 0.491 e. The number of ether oxygens (including phenoxy) is 1. The van der Waals surface area contributed by atoms with Crippen molar-refractivity contribution in [1.29, 1.82) is 0 Å². The van der Waals surface area contributed by atoms with Crippen LogP contribution in [0.15, 0.2) is 54.6 Å². The highest BCUT2D eigenvalue weighted by atomic mass is 16.5. The van der Waals surface area contributed by atoms with Crippen LogP contribution in [0.3, 0.4) is 0 Å². The van der Waals surface area contributed by atoms with Crippen molar-refractivity contribution in [3.8, 4) is 17.0 Å². The Hall–Kier alpha value is -2.65. The Labute approximate surface area is 200 Å². The Kier molecular flexibility index (Phi) is 9.08. The minimum absolute atomic E-state index is 0.110. The van der Waals surface area contributed by atoms with Crippen molar-refractivity contribution in [3.05, 3.63) is 82.5 Å². The van der Waals surface area contributed by atoms with Crippen LogP contribution in [0, 0.1) is 6.92 Å². The van der Waals surface area contributed by atoms with Gasteiger partial charge in [-0.2, -0.15) is 0 Å². The predicted octanol–water partition coefficient (Wildman–Crippen LogP) is 7.38. The van der Waals surface area contributed by atoms with E-state index in [9.17, 15) is 0 Å². The lowest BCUT2D eigenvalue weighted by atomic mass is 9.94. The molecular weight excluding hydrogens is 404 g/mol. The van der Waals surface area contributed by atoms with Gasteiger partial charge in [-0.3, -0.25) is 9.88 Å². The maximum atomic E-state index is 6.40. The van der Waals surface area contributed by atoms with Crippen LogP contribution in [-0.2, 0) is 25.9 Å². The maximum Gasteiger partial charge on any atom is 0.128 e. The molecule has 0 aliphatic heterocycles. The first-order valence-electron chi connectivity index (χ1n) is 12.5. The molecule has 176 valence electrons. The Morgan fingerprint density at radius 1 is 0.879 bits per heavy atom. The molecule has 0 radical (unpaired) electrons. The van der Waals surface area contributed by atoms with E-state index in [1.807, 2.05) is 0 Å². The van der Waals surface area contributed by atoms with Crippen LogP contribution in [-0.4, -0.2) is 22.5 Å². The van der Waals surface area contributed by atoms with E-state index in [0.29, 0.717) is 0 Å². The third-order valence-corrected chi connectivity index (χ3v) is 6.08. The first kappa shape index (κ1) is 25.0. The van der Waals surface area contributed by atoms with Crippen LogP contribution in [0.2, 0.25) is 0 Å². The van der Waals surface area contributed by atoms with E-state index in [0.717, 1.165) is 56.0 Å². The normalized spacial score (nSPS) is 11.4. The van der Waals surface area contributed by atoms with Crippen molar-refractivity contribution in [2.45, 2.75) is 80.0 Å². The van der Waals surface area contributed by atoms with Crippen molar-refractivity contribution < 1.29 is 4.74 Å². The quantitative estimate of drug-likeness (QED) is 0.308. The van der Waals surface area contributed by atoms with Crippen molar-refractivity contribution in [3.63, 3.8) is 0 Å². The standard InChI is InChI=1S/C30H40N2O/c1-7-18-32(20-24-14-11-10-12-15-24)21-27-23(6)31-28(19-29(27)33-22(4)5)30-25(8-2)16-13-17-26(30)9-3/h10-17,19,22H,7-9,18,20-21H2,1-6H3. The molecule has 3 rings (SSSR count). The molecule has 0 N–H and O–H groups in total. The third-order valence-electron chi connectivity index (χ3n) is 6.08. The van der Waals surface area contributed by atoms with E-state index in [2.05, 4.69) is 101 Å². The Morgan fingerprint density at radius 2 is 1.55 bits per heavy atom. The number of aromatic nitrogens is 1. The second kappa shape index (κ2) is 12.0. The lowest BCUT2D eigenvalue weighted by Crippen LogP contribution is -2.25. The summed E-state index contributed by atoms with van der Waals surface area (Å²) in [5.74, 6) is 0.967. The predicted molar refractivity (Wildman–Crippen MR) is 140 cm³/mol. The van der Waals surface area contributed by atoms with Gasteiger partial charge in [-0.15, -0.1) is 0 Å². The molecule has 0 amide bonds. The summed E-state index contributed by atoms with van der Waals surface area (Å²) in [6, 6.07) is 19.5. The topological polar surface area (TPSA) is 25.4 Å². The molecule has 0 fully saturated rings. The van der Waals surface area contributed by atoms with Crippen LogP contribution in [0.1, 0.15) is 69.0 Å². The summed E-state index contributed by atoms with van der Waals surface area (Å²) < 4.78 is 6.40. The number of hydrogen-bond donors (Lipinski definition) is 0. The van der Waals surface area contributed by atoms with Crippen LogP contribution < -0.4 is 4.74 Å². The van der Waals surface area contributed by atoms with Gasteiger partial charge in [-0.1, -0.05) is 69.3 Å². The third kappa shape index (κ3) is 6.45. The molecule has 0 aliphatic carbocycles. The fourth-order valence-corrected chi connectivity index (χ4v) is 4.52. The minimum atomic E-state index is 0.110. The van der Waals surface area contributed by atoms with Gasteiger partial charge >= 0.3 is 0 Å². The van der Waals surface area contributed by atoms with E-state index in [1.165, 1.54) is 27.8 Å². The fourth-order valence-electron chi connectivity index (χ4n) is 4.52. The summed E-state index contributed by atoms with van der Waals surface area (Å²) in [7, 11) is 0. The van der Waals surface area contributed by atoms with Crippen molar-refractivity contribution in [2.24, 2.45) is 0 Å². The summed E-state index contributed by atoms with van der Waals surface area (Å²) in [4.78, 5) is 7.65. The Bertz CT molecular complexity index is 1000. The average molecular weight is 445 g/mol. The molecule has 0 aliphatic rings. The van der Waals surface area contributed by atoms with Crippen LogP contribution in [0.25, 0.3) is 11.3 Å².